The molecule has 1 aromatic heterocycles. The number of carboxylic acids is 1. The Kier molecular flexibility index (Phi) is 6.21. The summed E-state index contributed by atoms with van der Waals surface area (Å²) in [6.07, 6.45) is -0.377. The predicted octanol–water partition coefficient (Wildman–Crippen LogP) is 2.13. The van der Waals surface area contributed by atoms with Crippen LogP contribution in [-0.2, 0) is 4.79 Å². The van der Waals surface area contributed by atoms with E-state index in [1.807, 2.05) is 6.07 Å². The van der Waals surface area contributed by atoms with Crippen molar-refractivity contribution in [2.75, 3.05) is 14.2 Å². The molecule has 3 aromatic rings. The van der Waals surface area contributed by atoms with Crippen LogP contribution in [0.4, 0.5) is 0 Å². The van der Waals surface area contributed by atoms with Crippen molar-refractivity contribution in [1.29, 1.82) is 0 Å². The molecule has 0 bridgehead atoms. The average Bonchev–Trinajstić information content (AvgIpc) is 3.14. The van der Waals surface area contributed by atoms with Crippen molar-refractivity contribution in [2.24, 2.45) is 0 Å². The van der Waals surface area contributed by atoms with E-state index in [1.165, 1.54) is 18.9 Å². The van der Waals surface area contributed by atoms with Crippen LogP contribution < -0.4 is 20.3 Å². The highest BCUT2D eigenvalue weighted by Gasteiger charge is 2.24. The first kappa shape index (κ1) is 20.7. The van der Waals surface area contributed by atoms with E-state index in [2.05, 4.69) is 10.4 Å². The zero-order valence-electron chi connectivity index (χ0n) is 16.4. The average molecular weight is 411 g/mol. The molecule has 0 radical (unpaired) electrons. The third kappa shape index (κ3) is 4.52. The second kappa shape index (κ2) is 8.99. The van der Waals surface area contributed by atoms with Crippen molar-refractivity contribution >= 4 is 11.9 Å². The highest BCUT2D eigenvalue weighted by molar-refractivity contribution is 5.92. The van der Waals surface area contributed by atoms with Crippen molar-refractivity contribution < 1.29 is 24.2 Å². The number of aromatic amines is 1. The lowest BCUT2D eigenvalue weighted by Crippen LogP contribution is -2.31. The summed E-state index contributed by atoms with van der Waals surface area (Å²) >= 11 is 0. The zero-order valence-corrected chi connectivity index (χ0v) is 16.4. The Morgan fingerprint density at radius 1 is 1.10 bits per heavy atom. The van der Waals surface area contributed by atoms with E-state index in [0.717, 1.165) is 6.07 Å². The van der Waals surface area contributed by atoms with Crippen molar-refractivity contribution in [2.45, 2.75) is 12.5 Å². The minimum Gasteiger partial charge on any atom is -0.497 e. The van der Waals surface area contributed by atoms with Crippen LogP contribution in [0.3, 0.4) is 0 Å². The van der Waals surface area contributed by atoms with E-state index in [4.69, 9.17) is 9.47 Å². The van der Waals surface area contributed by atoms with E-state index in [0.29, 0.717) is 22.7 Å². The van der Waals surface area contributed by atoms with Crippen molar-refractivity contribution in [3.05, 3.63) is 76.2 Å². The molecule has 9 heteroatoms. The van der Waals surface area contributed by atoms with Gasteiger partial charge in [0.1, 0.15) is 17.2 Å². The Bertz CT molecular complexity index is 1100. The summed E-state index contributed by atoms with van der Waals surface area (Å²) in [6, 6.07) is 13.9. The number of hydrogen-bond donors (Lipinski definition) is 3. The SMILES string of the molecule is COc1ccc(C(CC(=O)O)NC(=O)c2cc(=O)n(-c3ccccc3)[nH]2)c(OC)c1. The van der Waals surface area contributed by atoms with Crippen LogP contribution in [0.1, 0.15) is 28.5 Å². The highest BCUT2D eigenvalue weighted by atomic mass is 16.5. The summed E-state index contributed by atoms with van der Waals surface area (Å²) < 4.78 is 11.7. The summed E-state index contributed by atoms with van der Waals surface area (Å²) in [7, 11) is 2.94. The fourth-order valence-electron chi connectivity index (χ4n) is 3.04. The summed E-state index contributed by atoms with van der Waals surface area (Å²) in [5, 5.41) is 14.7. The lowest BCUT2D eigenvalue weighted by atomic mass is 10.0. The first-order valence-electron chi connectivity index (χ1n) is 9.05. The van der Waals surface area contributed by atoms with Crippen LogP contribution in [0.25, 0.3) is 5.69 Å². The summed E-state index contributed by atoms with van der Waals surface area (Å²) in [5.41, 5.74) is 0.634. The molecule has 1 unspecified atom stereocenters. The van der Waals surface area contributed by atoms with Crippen LogP contribution in [-0.4, -0.2) is 41.0 Å². The number of carbonyl (C=O) groups is 2. The molecule has 0 saturated heterocycles. The first-order chi connectivity index (χ1) is 14.4. The number of methoxy groups -OCH3 is 2. The van der Waals surface area contributed by atoms with Gasteiger partial charge in [0.25, 0.3) is 11.5 Å². The molecule has 0 aliphatic heterocycles. The molecule has 3 N–H and O–H groups in total. The van der Waals surface area contributed by atoms with Gasteiger partial charge in [-0.25, -0.2) is 4.68 Å². The number of aliphatic carboxylic acids is 1. The fraction of sp³-hybridized carbons (Fsp3) is 0.190. The number of benzene rings is 2. The summed E-state index contributed by atoms with van der Waals surface area (Å²) in [5.74, 6) is -0.823. The number of H-pyrrole nitrogens is 1. The minimum atomic E-state index is -1.10. The van der Waals surface area contributed by atoms with E-state index >= 15 is 0 Å². The molecule has 9 nitrogen and oxygen atoms in total. The smallest absolute Gasteiger partial charge is 0.305 e. The predicted molar refractivity (Wildman–Crippen MR) is 108 cm³/mol. The molecule has 1 atom stereocenters. The third-order valence-corrected chi connectivity index (χ3v) is 4.48. The van der Waals surface area contributed by atoms with Gasteiger partial charge in [-0.3, -0.25) is 19.5 Å². The van der Waals surface area contributed by atoms with Gasteiger partial charge in [-0.15, -0.1) is 0 Å². The minimum absolute atomic E-state index is 0.00622. The van der Waals surface area contributed by atoms with Crippen molar-refractivity contribution in [3.63, 3.8) is 0 Å². The van der Waals surface area contributed by atoms with Crippen molar-refractivity contribution in [3.8, 4) is 17.2 Å². The first-order valence-corrected chi connectivity index (χ1v) is 9.05. The monoisotopic (exact) mass is 411 g/mol. The standard InChI is InChI=1S/C21H21N3O6/c1-29-14-8-9-15(18(10-14)30-2)16(12-20(26)27)22-21(28)17-11-19(25)24(23-17)13-6-4-3-5-7-13/h3-11,16,23H,12H2,1-2H3,(H,22,28)(H,26,27). The van der Waals surface area contributed by atoms with Crippen LogP contribution >= 0.6 is 0 Å². The van der Waals surface area contributed by atoms with Crippen LogP contribution in [0.15, 0.2) is 59.4 Å². The molecule has 0 aliphatic carbocycles. The van der Waals surface area contributed by atoms with Crippen LogP contribution in [0.5, 0.6) is 11.5 Å². The lowest BCUT2D eigenvalue weighted by Gasteiger charge is -2.20. The maximum absolute atomic E-state index is 12.8. The van der Waals surface area contributed by atoms with Gasteiger partial charge in [0.2, 0.25) is 0 Å². The molecule has 0 fully saturated rings. The molecule has 0 aliphatic rings. The number of para-hydroxylation sites is 1. The topological polar surface area (TPSA) is 123 Å². The van der Waals surface area contributed by atoms with E-state index in [9.17, 15) is 19.5 Å². The van der Waals surface area contributed by atoms with E-state index < -0.39 is 23.5 Å². The second-order valence-electron chi connectivity index (χ2n) is 6.41. The fourth-order valence-corrected chi connectivity index (χ4v) is 3.04. The van der Waals surface area contributed by atoms with Gasteiger partial charge >= 0.3 is 5.97 Å². The number of aromatic nitrogens is 2. The van der Waals surface area contributed by atoms with Gasteiger partial charge < -0.3 is 19.9 Å². The van der Waals surface area contributed by atoms with Gasteiger partial charge in [0.15, 0.2) is 0 Å². The molecule has 2 aromatic carbocycles. The molecule has 0 saturated carbocycles. The number of amides is 1. The van der Waals surface area contributed by atoms with E-state index in [-0.39, 0.29) is 12.1 Å². The Hall–Kier alpha value is -4.01. The van der Waals surface area contributed by atoms with Crippen molar-refractivity contribution in [1.82, 2.24) is 15.1 Å². The Balaban J connectivity index is 1.90. The number of ether oxygens (including phenoxy) is 2. The van der Waals surface area contributed by atoms with Gasteiger partial charge in [0, 0.05) is 17.7 Å². The molecule has 1 amide bonds. The number of nitrogens with one attached hydrogen (secondary N) is 2. The summed E-state index contributed by atoms with van der Waals surface area (Å²) in [6.45, 7) is 0. The zero-order chi connectivity index (χ0) is 21.7. The molecular formula is C21H21N3O6. The Morgan fingerprint density at radius 3 is 2.47 bits per heavy atom. The molecular weight excluding hydrogens is 390 g/mol. The maximum Gasteiger partial charge on any atom is 0.305 e. The Morgan fingerprint density at radius 2 is 1.83 bits per heavy atom. The van der Waals surface area contributed by atoms with Gasteiger partial charge in [-0.2, -0.15) is 0 Å². The van der Waals surface area contributed by atoms with Crippen LogP contribution in [0, 0.1) is 0 Å². The van der Waals surface area contributed by atoms with Gasteiger partial charge in [-0.1, -0.05) is 18.2 Å². The Labute approximate surface area is 171 Å². The number of rotatable bonds is 8. The molecule has 30 heavy (non-hydrogen) atoms. The molecule has 0 spiro atoms. The second-order valence-corrected chi connectivity index (χ2v) is 6.41. The normalized spacial score (nSPS) is 11.5. The maximum atomic E-state index is 12.8. The van der Waals surface area contributed by atoms with Gasteiger partial charge in [0.05, 0.1) is 32.4 Å². The van der Waals surface area contributed by atoms with Crippen LogP contribution in [0.2, 0.25) is 0 Å². The molecule has 156 valence electrons. The van der Waals surface area contributed by atoms with Gasteiger partial charge in [-0.05, 0) is 24.3 Å². The highest BCUT2D eigenvalue weighted by Crippen LogP contribution is 2.31. The largest absolute Gasteiger partial charge is 0.497 e. The molecule has 1 heterocycles. The lowest BCUT2D eigenvalue weighted by molar-refractivity contribution is -0.137. The quantitative estimate of drug-likeness (QED) is 0.522. The number of hydrogen-bond acceptors (Lipinski definition) is 5. The number of carboxylic acid groups (broad SMARTS) is 1. The third-order valence-electron chi connectivity index (χ3n) is 4.48. The number of carbonyl (C=O) groups excluding carboxylic acids is 1. The molecule has 3 rings (SSSR count). The summed E-state index contributed by atoms with van der Waals surface area (Å²) in [4.78, 5) is 36.4. The van der Waals surface area contributed by atoms with E-state index in [1.54, 1.807) is 42.5 Å². The number of nitrogens with zero attached hydrogens (tertiary/aromatic N) is 1.